The number of aliphatic hydroxyl groups excluding tert-OH is 1. The van der Waals surface area contributed by atoms with Crippen LogP contribution in [0.1, 0.15) is 23.2 Å². The summed E-state index contributed by atoms with van der Waals surface area (Å²) in [5.74, 6) is -0.130. The van der Waals surface area contributed by atoms with Crippen molar-refractivity contribution in [2.75, 3.05) is 61.4 Å². The zero-order valence-electron chi connectivity index (χ0n) is 19.1. The summed E-state index contributed by atoms with van der Waals surface area (Å²) in [6.45, 7) is 5.54. The van der Waals surface area contributed by atoms with Crippen LogP contribution < -0.4 is 15.1 Å². The molecule has 7 nitrogen and oxygen atoms in total. The fourth-order valence-electron chi connectivity index (χ4n) is 4.84. The van der Waals surface area contributed by atoms with Crippen LogP contribution in [-0.4, -0.2) is 73.3 Å². The number of fused-ring (bicyclic) bond motifs is 1. The lowest BCUT2D eigenvalue weighted by atomic mass is 10.0. The van der Waals surface area contributed by atoms with Gasteiger partial charge >= 0.3 is 0 Å². The molecule has 1 amide bonds. The van der Waals surface area contributed by atoms with Crippen molar-refractivity contribution < 1.29 is 9.90 Å². The van der Waals surface area contributed by atoms with Gasteiger partial charge in [0.25, 0.3) is 5.91 Å². The first-order chi connectivity index (χ1) is 16.1. The number of benzene rings is 2. The van der Waals surface area contributed by atoms with Gasteiger partial charge < -0.3 is 25.1 Å². The molecule has 2 N–H and O–H groups in total. The predicted octanol–water partition coefficient (Wildman–Crippen LogP) is 3.20. The molecule has 0 radical (unpaired) electrons. The standard InChI is InChI=1S/C26H31N5O2/c1-29-14-16-31(17-15-29)25-7-6-23(22-18-27-11-8-20(22)25)28-26(33)21-4-2-3-5-24(21)30-12-9-19(32)10-13-30/h2-8,11,18-19,32H,9-10,12-17H2,1H3,(H,28,33). The van der Waals surface area contributed by atoms with Crippen molar-refractivity contribution in [3.8, 4) is 0 Å². The van der Waals surface area contributed by atoms with Crippen LogP contribution in [0.3, 0.4) is 0 Å². The molecule has 2 fully saturated rings. The number of nitrogens with one attached hydrogen (secondary N) is 1. The van der Waals surface area contributed by atoms with Crippen molar-refractivity contribution >= 4 is 33.7 Å². The number of aromatic nitrogens is 1. The molecule has 2 saturated heterocycles. The van der Waals surface area contributed by atoms with Gasteiger partial charge in [0.1, 0.15) is 0 Å². The number of piperidine rings is 1. The molecular formula is C26H31N5O2. The minimum absolute atomic E-state index is 0.130. The van der Waals surface area contributed by atoms with Crippen molar-refractivity contribution in [2.24, 2.45) is 0 Å². The largest absolute Gasteiger partial charge is 0.393 e. The molecule has 2 aliphatic rings. The van der Waals surface area contributed by atoms with E-state index in [1.54, 1.807) is 0 Å². The number of carbonyl (C=O) groups excluding carboxylic acids is 1. The maximum Gasteiger partial charge on any atom is 0.257 e. The highest BCUT2D eigenvalue weighted by Crippen LogP contribution is 2.33. The van der Waals surface area contributed by atoms with Gasteiger partial charge in [-0.05, 0) is 50.2 Å². The Bertz CT molecular complexity index is 1130. The Morgan fingerprint density at radius 2 is 1.64 bits per heavy atom. The normalized spacial score (nSPS) is 18.0. The van der Waals surface area contributed by atoms with Crippen LogP contribution in [0.15, 0.2) is 54.9 Å². The number of aliphatic hydroxyl groups is 1. The Morgan fingerprint density at radius 1 is 0.909 bits per heavy atom. The first kappa shape index (κ1) is 21.7. The number of piperazine rings is 1. The van der Waals surface area contributed by atoms with Crippen molar-refractivity contribution in [1.82, 2.24) is 9.88 Å². The molecule has 7 heteroatoms. The van der Waals surface area contributed by atoms with E-state index in [-0.39, 0.29) is 12.0 Å². The lowest BCUT2D eigenvalue weighted by Gasteiger charge is -2.35. The minimum Gasteiger partial charge on any atom is -0.393 e. The molecule has 1 aromatic heterocycles. The molecular weight excluding hydrogens is 414 g/mol. The summed E-state index contributed by atoms with van der Waals surface area (Å²) in [6.07, 6.45) is 4.84. The van der Waals surface area contributed by atoms with E-state index in [1.165, 1.54) is 5.69 Å². The molecule has 3 heterocycles. The molecule has 0 saturated carbocycles. The van der Waals surface area contributed by atoms with Gasteiger partial charge in [-0.25, -0.2) is 0 Å². The smallest absolute Gasteiger partial charge is 0.257 e. The average Bonchev–Trinajstić information content (AvgIpc) is 2.85. The zero-order chi connectivity index (χ0) is 22.8. The van der Waals surface area contributed by atoms with Crippen molar-refractivity contribution in [3.63, 3.8) is 0 Å². The van der Waals surface area contributed by atoms with Crippen LogP contribution in [0.5, 0.6) is 0 Å². The molecule has 0 spiro atoms. The van der Waals surface area contributed by atoms with Crippen LogP contribution in [0.2, 0.25) is 0 Å². The Morgan fingerprint density at radius 3 is 2.42 bits per heavy atom. The van der Waals surface area contributed by atoms with E-state index in [0.717, 1.165) is 74.3 Å². The van der Waals surface area contributed by atoms with E-state index in [4.69, 9.17) is 0 Å². The van der Waals surface area contributed by atoms with Crippen molar-refractivity contribution in [2.45, 2.75) is 18.9 Å². The molecule has 2 aliphatic heterocycles. The molecule has 172 valence electrons. The summed E-state index contributed by atoms with van der Waals surface area (Å²) >= 11 is 0. The first-order valence-electron chi connectivity index (χ1n) is 11.7. The Hall–Kier alpha value is -3.16. The Balaban J connectivity index is 1.42. The number of rotatable bonds is 4. The number of para-hydroxylation sites is 1. The number of hydrogen-bond donors (Lipinski definition) is 2. The lowest BCUT2D eigenvalue weighted by Crippen LogP contribution is -2.44. The van der Waals surface area contributed by atoms with Crippen LogP contribution in [0, 0.1) is 0 Å². The highest BCUT2D eigenvalue weighted by atomic mass is 16.3. The second-order valence-corrected chi connectivity index (χ2v) is 9.03. The number of nitrogens with zero attached hydrogens (tertiary/aromatic N) is 4. The second-order valence-electron chi connectivity index (χ2n) is 9.03. The number of pyridine rings is 1. The fraction of sp³-hybridized carbons (Fsp3) is 0.385. The van der Waals surface area contributed by atoms with E-state index in [2.05, 4.69) is 38.1 Å². The number of likely N-dealkylation sites (N-methyl/N-ethyl adjacent to an activating group) is 1. The van der Waals surface area contributed by atoms with E-state index in [1.807, 2.05) is 48.8 Å². The number of carbonyl (C=O) groups is 1. The van der Waals surface area contributed by atoms with Gasteiger partial charge in [-0.3, -0.25) is 9.78 Å². The monoisotopic (exact) mass is 445 g/mol. The molecule has 0 aliphatic carbocycles. The highest BCUT2D eigenvalue weighted by molar-refractivity contribution is 6.13. The van der Waals surface area contributed by atoms with Gasteiger partial charge in [0.2, 0.25) is 0 Å². The van der Waals surface area contributed by atoms with E-state index in [0.29, 0.717) is 5.56 Å². The maximum absolute atomic E-state index is 13.4. The lowest BCUT2D eigenvalue weighted by molar-refractivity contribution is 0.102. The third-order valence-electron chi connectivity index (χ3n) is 6.84. The van der Waals surface area contributed by atoms with Crippen LogP contribution in [-0.2, 0) is 0 Å². The average molecular weight is 446 g/mol. The quantitative estimate of drug-likeness (QED) is 0.643. The van der Waals surface area contributed by atoms with Crippen LogP contribution in [0.25, 0.3) is 10.8 Å². The summed E-state index contributed by atoms with van der Waals surface area (Å²) in [6, 6.07) is 13.9. The van der Waals surface area contributed by atoms with E-state index in [9.17, 15) is 9.90 Å². The summed E-state index contributed by atoms with van der Waals surface area (Å²) in [7, 11) is 2.15. The maximum atomic E-state index is 13.4. The Labute approximate surface area is 194 Å². The zero-order valence-corrected chi connectivity index (χ0v) is 19.1. The second kappa shape index (κ2) is 9.37. The number of hydrogen-bond acceptors (Lipinski definition) is 6. The minimum atomic E-state index is -0.250. The third kappa shape index (κ3) is 4.51. The van der Waals surface area contributed by atoms with Gasteiger partial charge in [-0.15, -0.1) is 0 Å². The molecule has 0 atom stereocenters. The highest BCUT2D eigenvalue weighted by Gasteiger charge is 2.23. The molecule has 5 rings (SSSR count). The van der Waals surface area contributed by atoms with Crippen LogP contribution in [0.4, 0.5) is 17.1 Å². The predicted molar refractivity (Wildman–Crippen MR) is 133 cm³/mol. The molecule has 0 bridgehead atoms. The van der Waals surface area contributed by atoms with Gasteiger partial charge in [0.15, 0.2) is 0 Å². The molecule has 0 unspecified atom stereocenters. The van der Waals surface area contributed by atoms with Gasteiger partial charge in [-0.1, -0.05) is 12.1 Å². The molecule has 2 aromatic carbocycles. The van der Waals surface area contributed by atoms with Crippen molar-refractivity contribution in [3.05, 3.63) is 60.4 Å². The Kier molecular flexibility index (Phi) is 6.15. The van der Waals surface area contributed by atoms with Crippen LogP contribution >= 0.6 is 0 Å². The number of amides is 1. The van der Waals surface area contributed by atoms with Gasteiger partial charge in [0, 0.05) is 73.8 Å². The summed E-state index contributed by atoms with van der Waals surface area (Å²) in [4.78, 5) is 24.7. The van der Waals surface area contributed by atoms with Gasteiger partial charge in [0.05, 0.1) is 17.4 Å². The summed E-state index contributed by atoms with van der Waals surface area (Å²) < 4.78 is 0. The molecule has 33 heavy (non-hydrogen) atoms. The molecule has 3 aromatic rings. The SMILES string of the molecule is CN1CCN(c2ccc(NC(=O)c3ccccc3N3CCC(O)CC3)c3cnccc23)CC1. The summed E-state index contributed by atoms with van der Waals surface area (Å²) in [5.41, 5.74) is 3.52. The van der Waals surface area contributed by atoms with Crippen molar-refractivity contribution in [1.29, 1.82) is 0 Å². The van der Waals surface area contributed by atoms with E-state index >= 15 is 0 Å². The first-order valence-corrected chi connectivity index (χ1v) is 11.7. The summed E-state index contributed by atoms with van der Waals surface area (Å²) in [5, 5.41) is 15.1. The topological polar surface area (TPSA) is 71.9 Å². The van der Waals surface area contributed by atoms with E-state index < -0.39 is 0 Å². The number of anilines is 3. The fourth-order valence-corrected chi connectivity index (χ4v) is 4.84. The van der Waals surface area contributed by atoms with Gasteiger partial charge in [-0.2, -0.15) is 0 Å². The third-order valence-corrected chi connectivity index (χ3v) is 6.84.